The summed E-state index contributed by atoms with van der Waals surface area (Å²) in [6.45, 7) is 5.40. The van der Waals surface area contributed by atoms with Gasteiger partial charge in [-0.25, -0.2) is 4.79 Å². The second-order valence-corrected chi connectivity index (χ2v) is 4.24. The van der Waals surface area contributed by atoms with E-state index in [1.807, 2.05) is 13.8 Å². The second kappa shape index (κ2) is 7.38. The Morgan fingerprint density at radius 1 is 1.37 bits per heavy atom. The minimum Gasteiger partial charge on any atom is -0.351 e. The predicted octanol–water partition coefficient (Wildman–Crippen LogP) is 0.905. The van der Waals surface area contributed by atoms with Crippen molar-refractivity contribution in [2.24, 2.45) is 5.73 Å². The Bertz CT molecular complexity index is 448. The molecule has 1 aromatic rings. The van der Waals surface area contributed by atoms with Crippen molar-refractivity contribution in [1.82, 2.24) is 10.6 Å². The molecule has 6 nitrogen and oxygen atoms in total. The summed E-state index contributed by atoms with van der Waals surface area (Å²) >= 11 is 0. The van der Waals surface area contributed by atoms with Crippen LogP contribution in [0.15, 0.2) is 24.3 Å². The SMILES string of the molecule is CCN[C@H](C)CNC(=O)c1cccc(NC(N)=O)c1. The highest BCUT2D eigenvalue weighted by molar-refractivity contribution is 5.96. The van der Waals surface area contributed by atoms with Crippen LogP contribution >= 0.6 is 0 Å². The third-order valence-corrected chi connectivity index (χ3v) is 2.51. The highest BCUT2D eigenvalue weighted by Gasteiger charge is 2.08. The molecule has 1 atom stereocenters. The van der Waals surface area contributed by atoms with Crippen LogP contribution in [0.5, 0.6) is 0 Å². The number of amides is 3. The van der Waals surface area contributed by atoms with Gasteiger partial charge in [-0.2, -0.15) is 0 Å². The molecule has 0 radical (unpaired) electrons. The maximum atomic E-state index is 11.9. The Kier molecular flexibility index (Phi) is 5.81. The highest BCUT2D eigenvalue weighted by atomic mass is 16.2. The number of hydrogen-bond donors (Lipinski definition) is 4. The molecule has 6 heteroatoms. The van der Waals surface area contributed by atoms with E-state index in [-0.39, 0.29) is 11.9 Å². The number of anilines is 1. The van der Waals surface area contributed by atoms with Crippen molar-refractivity contribution in [2.75, 3.05) is 18.4 Å². The zero-order chi connectivity index (χ0) is 14.3. The van der Waals surface area contributed by atoms with Crippen LogP contribution in [-0.2, 0) is 0 Å². The molecule has 0 spiro atoms. The molecule has 104 valence electrons. The van der Waals surface area contributed by atoms with E-state index in [4.69, 9.17) is 5.73 Å². The van der Waals surface area contributed by atoms with Gasteiger partial charge in [0.05, 0.1) is 0 Å². The summed E-state index contributed by atoms with van der Waals surface area (Å²) in [6.07, 6.45) is 0. The molecule has 0 bridgehead atoms. The average molecular weight is 264 g/mol. The maximum Gasteiger partial charge on any atom is 0.316 e. The number of benzene rings is 1. The first-order valence-corrected chi connectivity index (χ1v) is 6.21. The molecule has 19 heavy (non-hydrogen) atoms. The fourth-order valence-corrected chi connectivity index (χ4v) is 1.65. The molecular weight excluding hydrogens is 244 g/mol. The summed E-state index contributed by atoms with van der Waals surface area (Å²) in [7, 11) is 0. The molecule has 5 N–H and O–H groups in total. The lowest BCUT2D eigenvalue weighted by Crippen LogP contribution is -2.38. The Morgan fingerprint density at radius 3 is 2.74 bits per heavy atom. The van der Waals surface area contributed by atoms with Crippen LogP contribution in [0.3, 0.4) is 0 Å². The lowest BCUT2D eigenvalue weighted by atomic mass is 10.2. The van der Waals surface area contributed by atoms with E-state index in [1.54, 1.807) is 24.3 Å². The number of primary amides is 1. The summed E-state index contributed by atoms with van der Waals surface area (Å²) < 4.78 is 0. The third kappa shape index (κ3) is 5.39. The molecule has 0 unspecified atom stereocenters. The summed E-state index contributed by atoms with van der Waals surface area (Å²) in [5.74, 6) is -0.183. The number of likely N-dealkylation sites (N-methyl/N-ethyl adjacent to an activating group) is 1. The Morgan fingerprint density at radius 2 is 2.11 bits per heavy atom. The number of rotatable bonds is 6. The lowest BCUT2D eigenvalue weighted by molar-refractivity contribution is 0.0950. The van der Waals surface area contributed by atoms with E-state index in [0.717, 1.165) is 6.54 Å². The fourth-order valence-electron chi connectivity index (χ4n) is 1.65. The standard InChI is InChI=1S/C13H20N4O2/c1-3-15-9(2)8-16-12(18)10-5-4-6-11(7-10)17-13(14)19/h4-7,9,15H,3,8H2,1-2H3,(H,16,18)(H3,14,17,19)/t9-/m1/s1. The molecule has 0 aliphatic rings. The smallest absolute Gasteiger partial charge is 0.316 e. The molecule has 0 aromatic heterocycles. The summed E-state index contributed by atoms with van der Waals surface area (Å²) in [5.41, 5.74) is 6.00. The average Bonchev–Trinajstić information content (AvgIpc) is 2.36. The van der Waals surface area contributed by atoms with Gasteiger partial charge in [-0.1, -0.05) is 13.0 Å². The van der Waals surface area contributed by atoms with E-state index in [2.05, 4.69) is 16.0 Å². The molecule has 1 aromatic carbocycles. The van der Waals surface area contributed by atoms with Gasteiger partial charge in [-0.3, -0.25) is 4.79 Å². The van der Waals surface area contributed by atoms with Crippen LogP contribution in [-0.4, -0.2) is 31.1 Å². The summed E-state index contributed by atoms with van der Waals surface area (Å²) in [4.78, 5) is 22.6. The van der Waals surface area contributed by atoms with Crippen molar-refractivity contribution in [3.63, 3.8) is 0 Å². The minimum absolute atomic E-state index is 0.183. The second-order valence-electron chi connectivity index (χ2n) is 4.24. The van der Waals surface area contributed by atoms with Gasteiger partial charge in [0.25, 0.3) is 5.91 Å². The first kappa shape index (κ1) is 15.0. The van der Waals surface area contributed by atoms with E-state index in [0.29, 0.717) is 17.8 Å². The molecule has 0 heterocycles. The zero-order valence-electron chi connectivity index (χ0n) is 11.2. The third-order valence-electron chi connectivity index (χ3n) is 2.51. The monoisotopic (exact) mass is 264 g/mol. The largest absolute Gasteiger partial charge is 0.351 e. The predicted molar refractivity (Wildman–Crippen MR) is 75.1 cm³/mol. The number of carbonyl (C=O) groups is 2. The van der Waals surface area contributed by atoms with Crippen LogP contribution in [0.1, 0.15) is 24.2 Å². The first-order chi connectivity index (χ1) is 9.02. The van der Waals surface area contributed by atoms with Crippen molar-refractivity contribution >= 4 is 17.6 Å². The Balaban J connectivity index is 2.59. The van der Waals surface area contributed by atoms with E-state index < -0.39 is 6.03 Å². The van der Waals surface area contributed by atoms with Gasteiger partial charge in [0.1, 0.15) is 0 Å². The summed E-state index contributed by atoms with van der Waals surface area (Å²) in [5, 5.41) is 8.45. The van der Waals surface area contributed by atoms with Gasteiger partial charge in [0, 0.05) is 23.8 Å². The van der Waals surface area contributed by atoms with Crippen molar-refractivity contribution in [1.29, 1.82) is 0 Å². The van der Waals surface area contributed by atoms with E-state index >= 15 is 0 Å². The number of nitrogens with two attached hydrogens (primary N) is 1. The van der Waals surface area contributed by atoms with Gasteiger partial charge >= 0.3 is 6.03 Å². The van der Waals surface area contributed by atoms with Crippen LogP contribution in [0.25, 0.3) is 0 Å². The van der Waals surface area contributed by atoms with Crippen molar-refractivity contribution in [3.8, 4) is 0 Å². The number of carbonyl (C=O) groups excluding carboxylic acids is 2. The van der Waals surface area contributed by atoms with Gasteiger partial charge in [0.2, 0.25) is 0 Å². The molecule has 1 rings (SSSR count). The van der Waals surface area contributed by atoms with Crippen LogP contribution in [0.2, 0.25) is 0 Å². The maximum absolute atomic E-state index is 11.9. The van der Waals surface area contributed by atoms with Crippen LogP contribution < -0.4 is 21.7 Å². The Hall–Kier alpha value is -2.08. The molecule has 0 fully saturated rings. The molecule has 0 aliphatic heterocycles. The van der Waals surface area contributed by atoms with Gasteiger partial charge in [-0.05, 0) is 31.7 Å². The molecular formula is C13H20N4O2. The number of nitrogens with one attached hydrogen (secondary N) is 3. The van der Waals surface area contributed by atoms with Crippen LogP contribution in [0.4, 0.5) is 10.5 Å². The number of hydrogen-bond acceptors (Lipinski definition) is 3. The fraction of sp³-hybridized carbons (Fsp3) is 0.385. The van der Waals surface area contributed by atoms with Crippen molar-refractivity contribution < 1.29 is 9.59 Å². The normalized spacial score (nSPS) is 11.7. The molecule has 0 aliphatic carbocycles. The first-order valence-electron chi connectivity index (χ1n) is 6.21. The van der Waals surface area contributed by atoms with Crippen molar-refractivity contribution in [3.05, 3.63) is 29.8 Å². The Labute approximate surface area is 112 Å². The molecule has 0 saturated carbocycles. The minimum atomic E-state index is -0.654. The quantitative estimate of drug-likeness (QED) is 0.614. The number of urea groups is 1. The van der Waals surface area contributed by atoms with Crippen molar-refractivity contribution in [2.45, 2.75) is 19.9 Å². The van der Waals surface area contributed by atoms with E-state index in [1.165, 1.54) is 0 Å². The molecule has 3 amide bonds. The van der Waals surface area contributed by atoms with Gasteiger partial charge in [0.15, 0.2) is 0 Å². The van der Waals surface area contributed by atoms with E-state index in [9.17, 15) is 9.59 Å². The lowest BCUT2D eigenvalue weighted by Gasteiger charge is -2.13. The van der Waals surface area contributed by atoms with Gasteiger partial charge in [-0.15, -0.1) is 0 Å². The molecule has 0 saturated heterocycles. The zero-order valence-corrected chi connectivity index (χ0v) is 11.2. The highest BCUT2D eigenvalue weighted by Crippen LogP contribution is 2.10. The topological polar surface area (TPSA) is 96.2 Å². The van der Waals surface area contributed by atoms with Crippen LogP contribution in [0, 0.1) is 0 Å². The summed E-state index contributed by atoms with van der Waals surface area (Å²) in [6, 6.07) is 6.17. The van der Waals surface area contributed by atoms with Gasteiger partial charge < -0.3 is 21.7 Å².